The lowest BCUT2D eigenvalue weighted by Crippen LogP contribution is -2.64. The maximum absolute atomic E-state index is 13.6. The molecule has 3 heterocycles. The molecule has 1 aliphatic rings. The van der Waals surface area contributed by atoms with Gasteiger partial charge in [-0.2, -0.15) is 0 Å². The molecule has 200 valence electrons. The molecule has 3 aromatic carbocycles. The van der Waals surface area contributed by atoms with E-state index in [0.717, 1.165) is 33.1 Å². The van der Waals surface area contributed by atoms with Crippen molar-refractivity contribution in [1.82, 2.24) is 14.9 Å². The molecule has 39 heavy (non-hydrogen) atoms. The van der Waals surface area contributed by atoms with Gasteiger partial charge in [0.15, 0.2) is 6.29 Å². The number of hydrogen-bond donors (Lipinski definition) is 5. The van der Waals surface area contributed by atoms with Gasteiger partial charge in [0.2, 0.25) is 0 Å². The minimum Gasteiger partial charge on any atom is -0.394 e. The van der Waals surface area contributed by atoms with Gasteiger partial charge in [-0.1, -0.05) is 42.5 Å². The van der Waals surface area contributed by atoms with E-state index in [1.54, 1.807) is 11.7 Å². The molecule has 1 saturated heterocycles. The van der Waals surface area contributed by atoms with Gasteiger partial charge in [0.1, 0.15) is 24.4 Å². The number of nitrogens with zero attached hydrogens (tertiary/aromatic N) is 2. The molecule has 0 aliphatic carbocycles. The minimum atomic E-state index is -1.61. The van der Waals surface area contributed by atoms with E-state index in [1.807, 2.05) is 40.3 Å². The highest BCUT2D eigenvalue weighted by Crippen LogP contribution is 2.30. The molecule has 1 fully saturated rings. The van der Waals surface area contributed by atoms with Gasteiger partial charge in [0, 0.05) is 34.6 Å². The van der Waals surface area contributed by atoms with E-state index in [0.29, 0.717) is 17.5 Å². The van der Waals surface area contributed by atoms with Gasteiger partial charge in [-0.05, 0) is 34.5 Å². The number of benzene rings is 3. The first-order valence-corrected chi connectivity index (χ1v) is 13.5. The SMILES string of the molecule is O=C(N[C@H]1C(O)OC(CO)[C@@H](O)[C@@H]1O)c1cn(Cc2ccc3ccccc3c2)c2ccc(-c3cscn3)cc12. The Morgan fingerprint density at radius 1 is 1.03 bits per heavy atom. The van der Waals surface area contributed by atoms with Gasteiger partial charge in [0.25, 0.3) is 5.91 Å². The number of aliphatic hydroxyl groups is 4. The molecule has 0 spiro atoms. The third-order valence-electron chi connectivity index (χ3n) is 7.22. The van der Waals surface area contributed by atoms with E-state index in [-0.39, 0.29) is 0 Å². The van der Waals surface area contributed by atoms with Crippen LogP contribution in [0.1, 0.15) is 15.9 Å². The van der Waals surface area contributed by atoms with Crippen LogP contribution in [-0.2, 0) is 11.3 Å². The molecule has 1 amide bonds. The summed E-state index contributed by atoms with van der Waals surface area (Å²) in [5.41, 5.74) is 5.61. The Balaban J connectivity index is 1.37. The summed E-state index contributed by atoms with van der Waals surface area (Å²) < 4.78 is 7.20. The Bertz CT molecular complexity index is 1640. The van der Waals surface area contributed by atoms with Gasteiger partial charge in [-0.15, -0.1) is 11.3 Å². The van der Waals surface area contributed by atoms with Crippen LogP contribution in [0, 0.1) is 0 Å². The predicted octanol–water partition coefficient (Wildman–Crippen LogP) is 2.50. The van der Waals surface area contributed by atoms with Crippen LogP contribution in [0.4, 0.5) is 0 Å². The second-order valence-electron chi connectivity index (χ2n) is 9.69. The third-order valence-corrected chi connectivity index (χ3v) is 7.80. The highest BCUT2D eigenvalue weighted by Gasteiger charge is 2.44. The number of carbonyl (C=O) groups is 1. The Hall–Kier alpha value is -3.64. The van der Waals surface area contributed by atoms with Crippen molar-refractivity contribution in [3.8, 4) is 11.3 Å². The number of ether oxygens (including phenoxy) is 1. The fourth-order valence-electron chi connectivity index (χ4n) is 5.14. The lowest BCUT2D eigenvalue weighted by molar-refractivity contribution is -0.252. The van der Waals surface area contributed by atoms with Gasteiger partial charge in [-0.25, -0.2) is 4.98 Å². The molecule has 0 radical (unpaired) electrons. The first kappa shape index (κ1) is 25.6. The molecular formula is C29H27N3O6S. The molecular weight excluding hydrogens is 518 g/mol. The molecule has 1 aliphatic heterocycles. The van der Waals surface area contributed by atoms with E-state index < -0.39 is 43.2 Å². The molecule has 9 nitrogen and oxygen atoms in total. The first-order valence-electron chi connectivity index (χ1n) is 12.5. The summed E-state index contributed by atoms with van der Waals surface area (Å²) >= 11 is 1.48. The number of rotatable bonds is 6. The van der Waals surface area contributed by atoms with Crippen LogP contribution >= 0.6 is 11.3 Å². The Kier molecular flexibility index (Phi) is 6.90. The van der Waals surface area contributed by atoms with E-state index >= 15 is 0 Å². The summed E-state index contributed by atoms with van der Waals surface area (Å²) in [5.74, 6) is -0.547. The monoisotopic (exact) mass is 545 g/mol. The quantitative estimate of drug-likeness (QED) is 0.221. The molecule has 10 heteroatoms. The standard InChI is InChI=1S/C29H27N3O6S/c33-13-24-26(34)27(35)25(29(37)38-24)31-28(36)21-12-32(11-16-5-6-17-3-1-2-4-18(17)9-16)23-8-7-19(10-20(21)23)22-14-39-15-30-22/h1-10,12,14-15,24-27,29,33-35,37H,11,13H2,(H,31,36)/t24?,25-,26-,27-,29?/m1/s1. The normalized spacial score (nSPS) is 23.3. The number of carbonyl (C=O) groups excluding carboxylic acids is 1. The zero-order chi connectivity index (χ0) is 27.1. The molecule has 5 N–H and O–H groups in total. The van der Waals surface area contributed by atoms with Crippen LogP contribution in [0.3, 0.4) is 0 Å². The van der Waals surface area contributed by atoms with Crippen molar-refractivity contribution in [3.05, 3.63) is 88.9 Å². The Morgan fingerprint density at radius 2 is 1.85 bits per heavy atom. The molecule has 2 aromatic heterocycles. The summed E-state index contributed by atoms with van der Waals surface area (Å²) in [5, 5.41) is 48.0. The van der Waals surface area contributed by atoms with Crippen molar-refractivity contribution in [2.24, 2.45) is 0 Å². The zero-order valence-corrected chi connectivity index (χ0v) is 21.5. The van der Waals surface area contributed by atoms with E-state index in [2.05, 4.69) is 40.6 Å². The number of hydrogen-bond acceptors (Lipinski definition) is 8. The number of fused-ring (bicyclic) bond motifs is 2. The molecule has 6 rings (SSSR count). The van der Waals surface area contributed by atoms with Crippen LogP contribution < -0.4 is 5.32 Å². The molecule has 0 saturated carbocycles. The predicted molar refractivity (Wildman–Crippen MR) is 147 cm³/mol. The smallest absolute Gasteiger partial charge is 0.253 e. The van der Waals surface area contributed by atoms with Crippen molar-refractivity contribution >= 4 is 38.9 Å². The van der Waals surface area contributed by atoms with Crippen LogP contribution in [-0.4, -0.2) is 73.1 Å². The summed E-state index contributed by atoms with van der Waals surface area (Å²) in [6.45, 7) is -0.0725. The fourth-order valence-corrected chi connectivity index (χ4v) is 5.70. The summed E-state index contributed by atoms with van der Waals surface area (Å²) in [4.78, 5) is 18.0. The minimum absolute atomic E-state index is 0.334. The molecule has 0 bridgehead atoms. The lowest BCUT2D eigenvalue weighted by atomic mass is 9.96. The van der Waals surface area contributed by atoms with Crippen molar-refractivity contribution in [3.63, 3.8) is 0 Å². The largest absolute Gasteiger partial charge is 0.394 e. The Morgan fingerprint density at radius 3 is 2.62 bits per heavy atom. The average molecular weight is 546 g/mol. The van der Waals surface area contributed by atoms with Crippen LogP contribution in [0.25, 0.3) is 32.9 Å². The second-order valence-corrected chi connectivity index (χ2v) is 10.4. The summed E-state index contributed by atoms with van der Waals surface area (Å²) in [6, 6.07) is 18.9. The van der Waals surface area contributed by atoms with Gasteiger partial charge >= 0.3 is 0 Å². The van der Waals surface area contributed by atoms with Crippen LogP contribution in [0.2, 0.25) is 0 Å². The molecule has 2 unspecified atom stereocenters. The average Bonchev–Trinajstić information content (AvgIpc) is 3.61. The summed E-state index contributed by atoms with van der Waals surface area (Å²) in [7, 11) is 0. The van der Waals surface area contributed by atoms with Crippen molar-refractivity contribution in [1.29, 1.82) is 0 Å². The number of nitrogens with one attached hydrogen (secondary N) is 1. The highest BCUT2D eigenvalue weighted by molar-refractivity contribution is 7.07. The Labute approximate surface area is 227 Å². The second kappa shape index (κ2) is 10.5. The number of amides is 1. The maximum atomic E-state index is 13.6. The summed E-state index contributed by atoms with van der Waals surface area (Å²) in [6.07, 6.45) is -4.04. The fraction of sp³-hybridized carbons (Fsp3) is 0.241. The van der Waals surface area contributed by atoms with Crippen LogP contribution in [0.15, 0.2) is 77.8 Å². The van der Waals surface area contributed by atoms with E-state index in [4.69, 9.17) is 4.74 Å². The first-order chi connectivity index (χ1) is 18.9. The van der Waals surface area contributed by atoms with Crippen molar-refractivity contribution in [2.45, 2.75) is 37.2 Å². The van der Waals surface area contributed by atoms with Crippen molar-refractivity contribution in [2.75, 3.05) is 6.61 Å². The zero-order valence-electron chi connectivity index (χ0n) is 20.7. The highest BCUT2D eigenvalue weighted by atomic mass is 32.1. The third kappa shape index (κ3) is 4.82. The van der Waals surface area contributed by atoms with E-state index in [1.165, 1.54) is 11.3 Å². The van der Waals surface area contributed by atoms with Gasteiger partial charge < -0.3 is 35.0 Å². The lowest BCUT2D eigenvalue weighted by Gasteiger charge is -2.40. The van der Waals surface area contributed by atoms with Crippen molar-refractivity contribution < 1.29 is 30.0 Å². The molecule has 5 atom stereocenters. The van der Waals surface area contributed by atoms with Gasteiger partial charge in [0.05, 0.1) is 23.4 Å². The number of aromatic nitrogens is 2. The number of thiazole rings is 1. The van der Waals surface area contributed by atoms with Gasteiger partial charge in [-0.3, -0.25) is 4.79 Å². The van der Waals surface area contributed by atoms with E-state index in [9.17, 15) is 25.2 Å². The molecule has 5 aromatic rings. The number of aliphatic hydroxyl groups excluding tert-OH is 4. The topological polar surface area (TPSA) is 137 Å². The van der Waals surface area contributed by atoms with Crippen LogP contribution in [0.5, 0.6) is 0 Å². The maximum Gasteiger partial charge on any atom is 0.253 e.